The van der Waals surface area contributed by atoms with Gasteiger partial charge in [0.2, 0.25) is 5.95 Å². The van der Waals surface area contributed by atoms with Crippen molar-refractivity contribution in [2.45, 2.75) is 39.8 Å². The number of fused-ring (bicyclic) bond motifs is 2. The average molecular weight is 451 g/mol. The van der Waals surface area contributed by atoms with Gasteiger partial charge in [0.1, 0.15) is 0 Å². The Morgan fingerprint density at radius 3 is 2.53 bits per heavy atom. The number of carbonyl (C=O) groups excluding carboxylic acids is 1. The number of amides is 1. The first-order valence-corrected chi connectivity index (χ1v) is 11.8. The number of nitrogens with one attached hydrogen (secondary N) is 2. The lowest BCUT2D eigenvalue weighted by Gasteiger charge is -2.30. The highest BCUT2D eigenvalue weighted by Crippen LogP contribution is 2.29. The van der Waals surface area contributed by atoms with E-state index in [9.17, 15) is 4.79 Å². The summed E-state index contributed by atoms with van der Waals surface area (Å²) in [4.78, 5) is 24.3. The highest BCUT2D eigenvalue weighted by atomic mass is 32.1. The van der Waals surface area contributed by atoms with E-state index in [-0.39, 0.29) is 5.91 Å². The molecule has 1 amide bonds. The van der Waals surface area contributed by atoms with E-state index in [1.807, 2.05) is 54.1 Å². The van der Waals surface area contributed by atoms with Gasteiger partial charge in [-0.05, 0) is 58.0 Å². The van der Waals surface area contributed by atoms with Crippen molar-refractivity contribution in [1.29, 1.82) is 0 Å². The van der Waals surface area contributed by atoms with E-state index in [4.69, 9.17) is 0 Å². The normalized spacial score (nSPS) is 11.9. The Morgan fingerprint density at radius 2 is 1.81 bits per heavy atom. The van der Waals surface area contributed by atoms with E-state index in [2.05, 4.69) is 53.2 Å². The van der Waals surface area contributed by atoms with Crippen LogP contribution in [0, 0.1) is 0 Å². The van der Waals surface area contributed by atoms with Gasteiger partial charge < -0.3 is 15.2 Å². The minimum absolute atomic E-state index is 0.0578. The summed E-state index contributed by atoms with van der Waals surface area (Å²) in [6.07, 6.45) is 0. The Balaban J connectivity index is 1.45. The van der Waals surface area contributed by atoms with Crippen LogP contribution >= 0.6 is 11.3 Å². The summed E-state index contributed by atoms with van der Waals surface area (Å²) >= 11 is 1.52. The van der Waals surface area contributed by atoms with Crippen LogP contribution in [0.2, 0.25) is 0 Å². The Bertz CT molecular complexity index is 1230. The molecule has 4 rings (SSSR count). The lowest BCUT2D eigenvalue weighted by molar-refractivity contribution is 0.0939. The van der Waals surface area contributed by atoms with E-state index in [1.54, 1.807) is 0 Å². The van der Waals surface area contributed by atoms with E-state index >= 15 is 0 Å². The van der Waals surface area contributed by atoms with Gasteiger partial charge in [-0.15, -0.1) is 0 Å². The van der Waals surface area contributed by atoms with Crippen LogP contribution in [-0.2, 0) is 7.05 Å². The third kappa shape index (κ3) is 4.61. The summed E-state index contributed by atoms with van der Waals surface area (Å²) in [5.41, 5.74) is 3.50. The molecule has 0 saturated heterocycles. The van der Waals surface area contributed by atoms with E-state index in [1.165, 1.54) is 11.3 Å². The zero-order valence-corrected chi connectivity index (χ0v) is 20.0. The van der Waals surface area contributed by atoms with Crippen LogP contribution in [0.15, 0.2) is 42.5 Å². The number of aromatic nitrogens is 3. The molecule has 0 aliphatic heterocycles. The molecule has 4 aromatic rings. The van der Waals surface area contributed by atoms with Gasteiger partial charge in [-0.3, -0.25) is 9.69 Å². The second kappa shape index (κ2) is 9.26. The van der Waals surface area contributed by atoms with Gasteiger partial charge in [0, 0.05) is 37.8 Å². The van der Waals surface area contributed by atoms with Gasteiger partial charge in [0.15, 0.2) is 5.13 Å². The van der Waals surface area contributed by atoms with Crippen LogP contribution < -0.4 is 10.6 Å². The van der Waals surface area contributed by atoms with Crippen molar-refractivity contribution in [1.82, 2.24) is 24.8 Å². The summed E-state index contributed by atoms with van der Waals surface area (Å²) < 4.78 is 2.97. The summed E-state index contributed by atoms with van der Waals surface area (Å²) in [5.74, 6) is 0.681. The minimum atomic E-state index is -0.0578. The van der Waals surface area contributed by atoms with Crippen molar-refractivity contribution >= 4 is 49.6 Å². The standard InChI is InChI=1S/C24H30N6OS/c1-15(2)30(16(3)4)13-12-25-22(31)17-10-11-19-21(14-17)32-24(27-19)28-23-26-18-8-6-7-9-20(18)29(23)5/h6-11,14-16H,12-13H2,1-5H3,(H,25,31)(H,26,27,28). The van der Waals surface area contributed by atoms with Gasteiger partial charge in [-0.2, -0.15) is 0 Å². The molecule has 7 nitrogen and oxygen atoms in total. The van der Waals surface area contributed by atoms with Crippen LogP contribution in [0.4, 0.5) is 11.1 Å². The van der Waals surface area contributed by atoms with Gasteiger partial charge in [0.05, 0.1) is 21.3 Å². The van der Waals surface area contributed by atoms with Crippen LogP contribution in [0.25, 0.3) is 21.3 Å². The number of thiazole rings is 1. The summed E-state index contributed by atoms with van der Waals surface area (Å²) in [5, 5.41) is 7.12. The molecule has 2 aromatic carbocycles. The molecule has 168 valence electrons. The van der Waals surface area contributed by atoms with Crippen molar-refractivity contribution in [3.05, 3.63) is 48.0 Å². The molecule has 2 aromatic heterocycles. The number of aryl methyl sites for hydroxylation is 1. The molecule has 0 aliphatic carbocycles. The zero-order valence-electron chi connectivity index (χ0n) is 19.2. The molecule has 0 radical (unpaired) electrons. The Labute approximate surface area is 192 Å². The molecule has 32 heavy (non-hydrogen) atoms. The molecule has 0 fully saturated rings. The number of anilines is 2. The first-order valence-electron chi connectivity index (χ1n) is 11.0. The Hall–Kier alpha value is -2.97. The fourth-order valence-electron chi connectivity index (χ4n) is 3.99. The Morgan fingerprint density at radius 1 is 1.06 bits per heavy atom. The smallest absolute Gasteiger partial charge is 0.251 e. The number of hydrogen-bond donors (Lipinski definition) is 2. The highest BCUT2D eigenvalue weighted by molar-refractivity contribution is 7.22. The van der Waals surface area contributed by atoms with Crippen molar-refractivity contribution in [2.24, 2.45) is 7.05 Å². The summed E-state index contributed by atoms with van der Waals surface area (Å²) in [6, 6.07) is 14.5. The van der Waals surface area contributed by atoms with Crippen molar-refractivity contribution in [3.63, 3.8) is 0 Å². The van der Waals surface area contributed by atoms with Crippen molar-refractivity contribution in [3.8, 4) is 0 Å². The first kappa shape index (κ1) is 22.2. The minimum Gasteiger partial charge on any atom is -0.351 e. The molecule has 0 bridgehead atoms. The molecule has 0 atom stereocenters. The van der Waals surface area contributed by atoms with Crippen molar-refractivity contribution < 1.29 is 4.79 Å². The first-order chi connectivity index (χ1) is 15.3. The third-order valence-corrected chi connectivity index (χ3v) is 6.57. The van der Waals surface area contributed by atoms with Crippen LogP contribution in [0.5, 0.6) is 0 Å². The maximum absolute atomic E-state index is 12.7. The molecule has 0 unspecified atom stereocenters. The quantitative estimate of drug-likeness (QED) is 0.404. The fraction of sp³-hybridized carbons (Fsp3) is 0.375. The van der Waals surface area contributed by atoms with Crippen LogP contribution in [0.1, 0.15) is 38.1 Å². The number of hydrogen-bond acceptors (Lipinski definition) is 6. The molecule has 0 aliphatic rings. The van der Waals surface area contributed by atoms with Gasteiger partial charge in [-0.25, -0.2) is 9.97 Å². The number of imidazole rings is 1. The molecule has 0 spiro atoms. The summed E-state index contributed by atoms with van der Waals surface area (Å²) in [6.45, 7) is 10.2. The molecule has 0 saturated carbocycles. The van der Waals surface area contributed by atoms with Gasteiger partial charge >= 0.3 is 0 Å². The second-order valence-corrected chi connectivity index (χ2v) is 9.52. The van der Waals surface area contributed by atoms with Gasteiger partial charge in [0.25, 0.3) is 5.91 Å². The van der Waals surface area contributed by atoms with Crippen LogP contribution in [0.3, 0.4) is 0 Å². The maximum atomic E-state index is 12.7. The molecular weight excluding hydrogens is 420 g/mol. The Kier molecular flexibility index (Phi) is 6.43. The predicted octanol–water partition coefficient (Wildman–Crippen LogP) is 4.78. The fourth-order valence-corrected chi connectivity index (χ4v) is 4.88. The van der Waals surface area contributed by atoms with Crippen molar-refractivity contribution in [2.75, 3.05) is 18.4 Å². The number of para-hydroxylation sites is 2. The SMILES string of the molecule is CC(C)N(CCNC(=O)c1ccc2nc(Nc3nc4ccccc4n3C)sc2c1)C(C)C. The number of carbonyl (C=O) groups is 1. The predicted molar refractivity (Wildman–Crippen MR) is 133 cm³/mol. The lowest BCUT2D eigenvalue weighted by Crippen LogP contribution is -2.42. The van der Waals surface area contributed by atoms with Gasteiger partial charge in [-0.1, -0.05) is 23.5 Å². The molecule has 2 N–H and O–H groups in total. The molecular formula is C24H30N6OS. The lowest BCUT2D eigenvalue weighted by atomic mass is 10.2. The highest BCUT2D eigenvalue weighted by Gasteiger charge is 2.15. The third-order valence-electron chi connectivity index (χ3n) is 5.64. The zero-order chi connectivity index (χ0) is 22.8. The largest absolute Gasteiger partial charge is 0.351 e. The van der Waals surface area contributed by atoms with Crippen LogP contribution in [-0.4, -0.2) is 50.5 Å². The monoisotopic (exact) mass is 450 g/mol. The number of rotatable bonds is 8. The molecule has 2 heterocycles. The topological polar surface area (TPSA) is 75.1 Å². The van der Waals surface area contributed by atoms with E-state index in [0.29, 0.717) is 24.2 Å². The average Bonchev–Trinajstić information content (AvgIpc) is 3.30. The number of nitrogens with zero attached hydrogens (tertiary/aromatic N) is 4. The van der Waals surface area contributed by atoms with E-state index < -0.39 is 0 Å². The number of benzene rings is 2. The second-order valence-electron chi connectivity index (χ2n) is 8.49. The molecule has 8 heteroatoms. The summed E-state index contributed by atoms with van der Waals surface area (Å²) in [7, 11) is 1.98. The van der Waals surface area contributed by atoms with E-state index in [0.717, 1.165) is 38.9 Å². The maximum Gasteiger partial charge on any atom is 0.251 e.